The molecule has 1 amide bonds. The van der Waals surface area contributed by atoms with Gasteiger partial charge in [-0.1, -0.05) is 13.8 Å². The van der Waals surface area contributed by atoms with Crippen molar-refractivity contribution in [3.05, 3.63) is 11.9 Å². The molecule has 1 unspecified atom stereocenters. The van der Waals surface area contributed by atoms with Gasteiger partial charge in [-0.25, -0.2) is 0 Å². The number of amides is 1. The molecule has 1 atom stereocenters. The molecule has 0 aliphatic carbocycles. The molecule has 1 aromatic heterocycles. The number of nitrogen functional groups attached to an aromatic ring is 1. The molecule has 0 aromatic carbocycles. The number of H-pyrrole nitrogens is 1. The summed E-state index contributed by atoms with van der Waals surface area (Å²) in [5.41, 5.74) is 6.15. The number of anilines is 1. The van der Waals surface area contributed by atoms with E-state index < -0.39 is 0 Å². The van der Waals surface area contributed by atoms with Crippen molar-refractivity contribution < 1.29 is 9.90 Å². The molecule has 0 aliphatic heterocycles. The lowest BCUT2D eigenvalue weighted by atomic mass is 10.0. The monoisotopic (exact) mass is 226 g/mol. The molecule has 6 heteroatoms. The minimum atomic E-state index is -0.290. The van der Waals surface area contributed by atoms with E-state index in [1.54, 1.807) is 0 Å². The first-order valence-corrected chi connectivity index (χ1v) is 5.26. The van der Waals surface area contributed by atoms with Crippen molar-refractivity contribution in [2.75, 3.05) is 12.3 Å². The first-order valence-electron chi connectivity index (χ1n) is 5.26. The number of carbonyl (C=O) groups is 1. The number of hydrogen-bond acceptors (Lipinski definition) is 4. The first-order chi connectivity index (χ1) is 7.56. The van der Waals surface area contributed by atoms with E-state index >= 15 is 0 Å². The molecule has 1 rings (SSSR count). The van der Waals surface area contributed by atoms with Crippen LogP contribution in [0.15, 0.2) is 6.20 Å². The number of aromatic nitrogens is 2. The number of aliphatic hydroxyl groups excluding tert-OH is 1. The van der Waals surface area contributed by atoms with Crippen LogP contribution in [0, 0.1) is 5.92 Å². The quantitative estimate of drug-likeness (QED) is 0.572. The molecule has 0 saturated carbocycles. The second kappa shape index (κ2) is 5.50. The first kappa shape index (κ1) is 12.5. The van der Waals surface area contributed by atoms with Crippen molar-refractivity contribution in [1.29, 1.82) is 0 Å². The van der Waals surface area contributed by atoms with Crippen molar-refractivity contribution >= 4 is 11.6 Å². The van der Waals surface area contributed by atoms with E-state index in [1.165, 1.54) is 6.20 Å². The lowest BCUT2D eigenvalue weighted by Gasteiger charge is -2.21. The maximum atomic E-state index is 11.8. The van der Waals surface area contributed by atoms with Gasteiger partial charge in [0.05, 0.1) is 11.9 Å². The molecule has 0 spiro atoms. The number of hydrogen-bond donors (Lipinski definition) is 4. The van der Waals surface area contributed by atoms with Crippen LogP contribution in [0.1, 0.15) is 30.8 Å². The van der Waals surface area contributed by atoms with Crippen molar-refractivity contribution in [1.82, 2.24) is 15.5 Å². The fourth-order valence-corrected chi connectivity index (χ4v) is 1.43. The molecule has 0 bridgehead atoms. The molecule has 5 N–H and O–H groups in total. The topological polar surface area (TPSA) is 104 Å². The summed E-state index contributed by atoms with van der Waals surface area (Å²) in [7, 11) is 0. The van der Waals surface area contributed by atoms with Crippen molar-refractivity contribution in [3.63, 3.8) is 0 Å². The third-order valence-electron chi connectivity index (χ3n) is 2.46. The van der Waals surface area contributed by atoms with Gasteiger partial charge in [-0.15, -0.1) is 0 Å². The lowest BCUT2D eigenvalue weighted by Crippen LogP contribution is -2.39. The molecule has 90 valence electrons. The Hall–Kier alpha value is -1.56. The van der Waals surface area contributed by atoms with E-state index in [0.717, 1.165) is 0 Å². The highest BCUT2D eigenvalue weighted by atomic mass is 16.3. The van der Waals surface area contributed by atoms with Gasteiger partial charge < -0.3 is 16.2 Å². The summed E-state index contributed by atoms with van der Waals surface area (Å²) >= 11 is 0. The van der Waals surface area contributed by atoms with Crippen molar-refractivity contribution in [2.24, 2.45) is 5.92 Å². The number of aromatic amines is 1. The average molecular weight is 226 g/mol. The zero-order valence-electron chi connectivity index (χ0n) is 9.53. The molecule has 0 saturated heterocycles. The Kier molecular flexibility index (Phi) is 4.30. The zero-order chi connectivity index (χ0) is 12.1. The second-order valence-corrected chi connectivity index (χ2v) is 4.04. The van der Waals surface area contributed by atoms with Crippen LogP contribution in [0.5, 0.6) is 0 Å². The predicted octanol–water partition coefficient (Wildman–Crippen LogP) is 0.129. The molecular formula is C10H18N4O2. The van der Waals surface area contributed by atoms with Gasteiger partial charge >= 0.3 is 0 Å². The highest BCUT2D eigenvalue weighted by Crippen LogP contribution is 2.10. The number of rotatable bonds is 5. The van der Waals surface area contributed by atoms with Crippen LogP contribution in [0.4, 0.5) is 5.69 Å². The highest BCUT2D eigenvalue weighted by Gasteiger charge is 2.18. The van der Waals surface area contributed by atoms with E-state index in [-0.39, 0.29) is 30.2 Å². The van der Waals surface area contributed by atoms with E-state index in [0.29, 0.717) is 12.1 Å². The molecule has 0 aliphatic rings. The Balaban J connectivity index is 2.65. The van der Waals surface area contributed by atoms with Crippen LogP contribution in [0.3, 0.4) is 0 Å². The Bertz CT molecular complexity index is 348. The number of nitrogens with two attached hydrogens (primary N) is 1. The smallest absolute Gasteiger partial charge is 0.271 e. The third kappa shape index (κ3) is 2.96. The normalized spacial score (nSPS) is 12.8. The number of nitrogens with zero attached hydrogens (tertiary/aromatic N) is 1. The summed E-state index contributed by atoms with van der Waals surface area (Å²) < 4.78 is 0. The summed E-state index contributed by atoms with van der Waals surface area (Å²) in [6.07, 6.45) is 1.92. The lowest BCUT2D eigenvalue weighted by molar-refractivity contribution is 0.0912. The van der Waals surface area contributed by atoms with Gasteiger partial charge in [0.1, 0.15) is 5.69 Å². The SMILES string of the molecule is CC(C)C(CCO)NC(=O)c1[nH]ncc1N. The Morgan fingerprint density at radius 1 is 1.69 bits per heavy atom. The Morgan fingerprint density at radius 3 is 2.81 bits per heavy atom. The van der Waals surface area contributed by atoms with Crippen LogP contribution >= 0.6 is 0 Å². The van der Waals surface area contributed by atoms with Gasteiger partial charge in [0.25, 0.3) is 5.91 Å². The summed E-state index contributed by atoms with van der Waals surface area (Å²) in [5.74, 6) is -0.0394. The van der Waals surface area contributed by atoms with Crippen LogP contribution in [-0.2, 0) is 0 Å². The summed E-state index contributed by atoms with van der Waals surface area (Å²) in [5, 5.41) is 17.9. The predicted molar refractivity (Wildman–Crippen MR) is 60.8 cm³/mol. The van der Waals surface area contributed by atoms with Gasteiger partial charge in [-0.2, -0.15) is 5.10 Å². The standard InChI is InChI=1S/C10H18N4O2/c1-6(2)8(3-4-15)13-10(16)9-7(11)5-12-14-9/h5-6,8,15H,3-4,11H2,1-2H3,(H,12,14)(H,13,16). The van der Waals surface area contributed by atoms with E-state index in [4.69, 9.17) is 10.8 Å². The summed E-state index contributed by atoms with van der Waals surface area (Å²) in [4.78, 5) is 11.8. The minimum absolute atomic E-state index is 0.0432. The summed E-state index contributed by atoms with van der Waals surface area (Å²) in [6.45, 7) is 4.01. The minimum Gasteiger partial charge on any atom is -0.396 e. The van der Waals surface area contributed by atoms with Crippen LogP contribution < -0.4 is 11.1 Å². The Labute approximate surface area is 94.2 Å². The highest BCUT2D eigenvalue weighted by molar-refractivity contribution is 5.97. The molecule has 1 aromatic rings. The fourth-order valence-electron chi connectivity index (χ4n) is 1.43. The maximum absolute atomic E-state index is 11.8. The number of aliphatic hydroxyl groups is 1. The number of carbonyl (C=O) groups excluding carboxylic acids is 1. The van der Waals surface area contributed by atoms with E-state index in [2.05, 4.69) is 15.5 Å². The van der Waals surface area contributed by atoms with Gasteiger partial charge in [0.2, 0.25) is 0 Å². The Morgan fingerprint density at radius 2 is 2.38 bits per heavy atom. The van der Waals surface area contributed by atoms with Gasteiger partial charge in [0.15, 0.2) is 0 Å². The van der Waals surface area contributed by atoms with Crippen LogP contribution in [0.25, 0.3) is 0 Å². The fraction of sp³-hybridized carbons (Fsp3) is 0.600. The van der Waals surface area contributed by atoms with E-state index in [9.17, 15) is 4.79 Å². The molecule has 1 heterocycles. The summed E-state index contributed by atoms with van der Waals surface area (Å²) in [6, 6.07) is -0.0693. The van der Waals surface area contributed by atoms with Gasteiger partial charge in [0, 0.05) is 12.6 Å². The molecule has 0 radical (unpaired) electrons. The molecule has 6 nitrogen and oxygen atoms in total. The maximum Gasteiger partial charge on any atom is 0.271 e. The van der Waals surface area contributed by atoms with E-state index in [1.807, 2.05) is 13.8 Å². The average Bonchev–Trinajstić information content (AvgIpc) is 2.63. The van der Waals surface area contributed by atoms with Crippen molar-refractivity contribution in [2.45, 2.75) is 26.3 Å². The third-order valence-corrected chi connectivity index (χ3v) is 2.46. The van der Waals surface area contributed by atoms with Crippen LogP contribution in [0.2, 0.25) is 0 Å². The second-order valence-electron chi connectivity index (χ2n) is 4.04. The molecular weight excluding hydrogens is 208 g/mol. The van der Waals surface area contributed by atoms with Gasteiger partial charge in [-0.05, 0) is 12.3 Å². The van der Waals surface area contributed by atoms with Crippen LogP contribution in [-0.4, -0.2) is 33.9 Å². The zero-order valence-corrected chi connectivity index (χ0v) is 9.53. The molecule has 0 fully saturated rings. The molecule has 16 heavy (non-hydrogen) atoms. The van der Waals surface area contributed by atoms with Gasteiger partial charge in [-0.3, -0.25) is 9.89 Å². The largest absolute Gasteiger partial charge is 0.396 e. The van der Waals surface area contributed by atoms with Crippen molar-refractivity contribution in [3.8, 4) is 0 Å². The number of nitrogens with one attached hydrogen (secondary N) is 2.